The Balaban J connectivity index is 2.16. The zero-order valence-corrected chi connectivity index (χ0v) is 15.3. The fourth-order valence-electron chi connectivity index (χ4n) is 3.52. The van der Waals surface area contributed by atoms with Crippen LogP contribution in [-0.4, -0.2) is 33.5 Å². The van der Waals surface area contributed by atoms with Crippen molar-refractivity contribution in [2.75, 3.05) is 6.61 Å². The molecule has 3 N–H and O–H groups in total. The third kappa shape index (κ3) is 3.21. The number of aliphatic hydroxyl groups is 1. The zero-order chi connectivity index (χ0) is 18.2. The highest BCUT2D eigenvalue weighted by Gasteiger charge is 2.51. The Kier molecular flexibility index (Phi) is 4.71. The molecule has 0 saturated heterocycles. The minimum absolute atomic E-state index is 0.0504. The summed E-state index contributed by atoms with van der Waals surface area (Å²) in [5.41, 5.74) is 0.175. The third-order valence-corrected chi connectivity index (χ3v) is 5.10. The van der Waals surface area contributed by atoms with Crippen molar-refractivity contribution in [3.63, 3.8) is 0 Å². The number of rotatable bonds is 4. The fraction of sp³-hybridized carbons (Fsp3) is 0.333. The number of ether oxygens (including phenoxy) is 1. The summed E-state index contributed by atoms with van der Waals surface area (Å²) in [5, 5.41) is 16.4. The second kappa shape index (κ2) is 6.65. The van der Waals surface area contributed by atoms with Crippen LogP contribution in [0.3, 0.4) is 0 Å². The molecular formula is C18H19BrN2O4. The SMILES string of the molecule is C=CCOC(=O)[C@@H]1[C@H](c2ccc(Br)cc2)c2c([nH][nH]c2=O)C[C@@]1(C)O. The molecule has 3 rings (SSSR count). The fourth-order valence-corrected chi connectivity index (χ4v) is 3.78. The lowest BCUT2D eigenvalue weighted by molar-refractivity contribution is -0.158. The number of fused-ring (bicyclic) bond motifs is 1. The van der Waals surface area contributed by atoms with Gasteiger partial charge in [0.2, 0.25) is 0 Å². The van der Waals surface area contributed by atoms with Crippen molar-refractivity contribution in [1.29, 1.82) is 0 Å². The van der Waals surface area contributed by atoms with Gasteiger partial charge < -0.3 is 14.9 Å². The quantitative estimate of drug-likeness (QED) is 0.535. The maximum absolute atomic E-state index is 12.7. The van der Waals surface area contributed by atoms with Crippen molar-refractivity contribution < 1.29 is 14.6 Å². The average molecular weight is 407 g/mol. The van der Waals surface area contributed by atoms with Crippen LogP contribution in [0.25, 0.3) is 0 Å². The van der Waals surface area contributed by atoms with E-state index in [1.165, 1.54) is 6.08 Å². The topological polar surface area (TPSA) is 95.2 Å². The van der Waals surface area contributed by atoms with Crippen LogP contribution in [-0.2, 0) is 16.0 Å². The summed E-state index contributed by atoms with van der Waals surface area (Å²) < 4.78 is 6.11. The molecule has 0 bridgehead atoms. The molecule has 0 spiro atoms. The van der Waals surface area contributed by atoms with E-state index in [1.807, 2.05) is 24.3 Å². The van der Waals surface area contributed by atoms with Crippen LogP contribution >= 0.6 is 15.9 Å². The molecule has 0 amide bonds. The van der Waals surface area contributed by atoms with Crippen LogP contribution in [0.2, 0.25) is 0 Å². The highest BCUT2D eigenvalue weighted by atomic mass is 79.9. The normalized spacial score (nSPS) is 25.2. The van der Waals surface area contributed by atoms with Gasteiger partial charge in [0.05, 0.1) is 11.5 Å². The molecule has 1 aliphatic rings. The van der Waals surface area contributed by atoms with Crippen LogP contribution in [0.15, 0.2) is 46.2 Å². The highest BCUT2D eigenvalue weighted by molar-refractivity contribution is 9.10. The molecule has 1 aromatic heterocycles. The first-order valence-electron chi connectivity index (χ1n) is 7.90. The zero-order valence-electron chi connectivity index (χ0n) is 13.7. The molecule has 0 radical (unpaired) electrons. The van der Waals surface area contributed by atoms with Gasteiger partial charge in [-0.25, -0.2) is 0 Å². The molecule has 1 aliphatic carbocycles. The van der Waals surface area contributed by atoms with Gasteiger partial charge in [-0.3, -0.25) is 14.7 Å². The molecule has 0 saturated carbocycles. The maximum Gasteiger partial charge on any atom is 0.313 e. The lowest BCUT2D eigenvalue weighted by Gasteiger charge is -2.40. The van der Waals surface area contributed by atoms with E-state index in [-0.39, 0.29) is 18.6 Å². The molecule has 0 fully saturated rings. The average Bonchev–Trinajstić information content (AvgIpc) is 2.91. The van der Waals surface area contributed by atoms with Gasteiger partial charge in [0.15, 0.2) is 0 Å². The molecule has 25 heavy (non-hydrogen) atoms. The van der Waals surface area contributed by atoms with E-state index in [0.717, 1.165) is 10.0 Å². The first kappa shape index (κ1) is 17.7. The summed E-state index contributed by atoms with van der Waals surface area (Å²) in [5.74, 6) is -2.07. The lowest BCUT2D eigenvalue weighted by Crippen LogP contribution is -2.50. The molecule has 0 unspecified atom stereocenters. The second-order valence-corrected chi connectivity index (χ2v) is 7.35. The first-order chi connectivity index (χ1) is 11.8. The van der Waals surface area contributed by atoms with Gasteiger partial charge in [-0.2, -0.15) is 0 Å². The predicted octanol–water partition coefficient (Wildman–Crippen LogP) is 2.25. The third-order valence-electron chi connectivity index (χ3n) is 4.57. The Bertz CT molecular complexity index is 851. The van der Waals surface area contributed by atoms with Crippen molar-refractivity contribution in [2.24, 2.45) is 5.92 Å². The van der Waals surface area contributed by atoms with E-state index in [4.69, 9.17) is 4.74 Å². The number of aromatic amines is 2. The Morgan fingerprint density at radius 1 is 1.44 bits per heavy atom. The second-order valence-electron chi connectivity index (χ2n) is 6.43. The molecule has 1 aromatic carbocycles. The lowest BCUT2D eigenvalue weighted by atomic mass is 9.66. The van der Waals surface area contributed by atoms with Gasteiger partial charge >= 0.3 is 5.97 Å². The highest BCUT2D eigenvalue weighted by Crippen LogP contribution is 2.44. The van der Waals surface area contributed by atoms with Crippen LogP contribution in [0.4, 0.5) is 0 Å². The Morgan fingerprint density at radius 3 is 2.76 bits per heavy atom. The van der Waals surface area contributed by atoms with Gasteiger partial charge in [-0.05, 0) is 24.6 Å². The molecule has 2 aromatic rings. The number of nitrogens with one attached hydrogen (secondary N) is 2. The van der Waals surface area contributed by atoms with Gasteiger partial charge in [0.1, 0.15) is 6.61 Å². The minimum atomic E-state index is -1.37. The van der Waals surface area contributed by atoms with E-state index in [1.54, 1.807) is 6.92 Å². The van der Waals surface area contributed by atoms with Crippen molar-refractivity contribution in [2.45, 2.75) is 24.9 Å². The van der Waals surface area contributed by atoms with E-state index >= 15 is 0 Å². The summed E-state index contributed by atoms with van der Waals surface area (Å²) in [4.78, 5) is 25.1. The number of H-pyrrole nitrogens is 2. The standard InChI is InChI=1S/C18H19BrN2O4/c1-3-8-25-17(23)15-13(10-4-6-11(19)7-5-10)14-12(9-18(15,2)24)20-21-16(14)22/h3-7,13,15,24H,1,8-9H2,2H3,(H2,20,21,22)/t13-,15+,18-/m1/s1. The Hall–Kier alpha value is -2.12. The van der Waals surface area contributed by atoms with Crippen LogP contribution in [0, 0.1) is 5.92 Å². The van der Waals surface area contributed by atoms with Crippen molar-refractivity contribution >= 4 is 21.9 Å². The smallest absolute Gasteiger partial charge is 0.313 e. The van der Waals surface area contributed by atoms with E-state index < -0.39 is 23.4 Å². The number of hydrogen-bond acceptors (Lipinski definition) is 4. The van der Waals surface area contributed by atoms with Gasteiger partial charge in [0.25, 0.3) is 5.56 Å². The van der Waals surface area contributed by atoms with Crippen molar-refractivity contribution in [3.05, 3.63) is 68.6 Å². The minimum Gasteiger partial charge on any atom is -0.461 e. The summed E-state index contributed by atoms with van der Waals surface area (Å²) in [6.45, 7) is 5.18. The van der Waals surface area contributed by atoms with Gasteiger partial charge in [-0.15, -0.1) is 0 Å². The van der Waals surface area contributed by atoms with E-state index in [0.29, 0.717) is 11.3 Å². The molecule has 3 atom stereocenters. The van der Waals surface area contributed by atoms with Gasteiger partial charge in [-0.1, -0.05) is 40.7 Å². The van der Waals surface area contributed by atoms with Gasteiger partial charge in [0, 0.05) is 28.1 Å². The van der Waals surface area contributed by atoms with Crippen LogP contribution < -0.4 is 5.56 Å². The number of benzene rings is 1. The number of hydrogen-bond donors (Lipinski definition) is 3. The summed E-state index contributed by atoms with van der Waals surface area (Å²) in [7, 11) is 0. The largest absolute Gasteiger partial charge is 0.461 e. The molecule has 7 heteroatoms. The molecular weight excluding hydrogens is 388 g/mol. The summed E-state index contributed by atoms with van der Waals surface area (Å²) >= 11 is 3.38. The molecule has 132 valence electrons. The predicted molar refractivity (Wildman–Crippen MR) is 96.4 cm³/mol. The van der Waals surface area contributed by atoms with E-state index in [2.05, 4.69) is 32.7 Å². The molecule has 1 heterocycles. The number of halogens is 1. The molecule has 0 aliphatic heterocycles. The van der Waals surface area contributed by atoms with E-state index in [9.17, 15) is 14.7 Å². The van der Waals surface area contributed by atoms with Crippen LogP contribution in [0.1, 0.15) is 29.7 Å². The maximum atomic E-state index is 12.7. The summed E-state index contributed by atoms with van der Waals surface area (Å²) in [6.07, 6.45) is 1.63. The number of esters is 1. The van der Waals surface area contributed by atoms with Crippen LogP contribution in [0.5, 0.6) is 0 Å². The van der Waals surface area contributed by atoms with Crippen molar-refractivity contribution in [3.8, 4) is 0 Å². The Morgan fingerprint density at radius 2 is 2.12 bits per heavy atom. The Labute approximate surface area is 153 Å². The molecule has 6 nitrogen and oxygen atoms in total. The number of carbonyl (C=O) groups excluding carboxylic acids is 1. The number of aromatic nitrogens is 2. The first-order valence-corrected chi connectivity index (χ1v) is 8.69. The summed E-state index contributed by atoms with van der Waals surface area (Å²) in [6, 6.07) is 7.34. The monoisotopic (exact) mass is 406 g/mol. The number of carbonyl (C=O) groups is 1. The van der Waals surface area contributed by atoms with Crippen molar-refractivity contribution in [1.82, 2.24) is 10.2 Å².